The van der Waals surface area contributed by atoms with Crippen molar-refractivity contribution in [3.63, 3.8) is 0 Å². The van der Waals surface area contributed by atoms with Gasteiger partial charge in [0.25, 0.3) is 0 Å². The van der Waals surface area contributed by atoms with Gasteiger partial charge in [-0.05, 0) is 220 Å². The van der Waals surface area contributed by atoms with Crippen molar-refractivity contribution in [1.82, 2.24) is 44.6 Å². The maximum atomic E-state index is 14.3. The van der Waals surface area contributed by atoms with Crippen molar-refractivity contribution in [2.24, 2.45) is 105 Å². The molecule has 3 saturated heterocycles. The Kier molecular flexibility index (Phi) is 34.2. The molecule has 30 heteroatoms. The number of amides is 3. The first-order chi connectivity index (χ1) is 63.3. The van der Waals surface area contributed by atoms with Crippen molar-refractivity contribution in [3.8, 4) is 34.9 Å². The molecule has 12 aliphatic rings. The third kappa shape index (κ3) is 23.2. The number of hydrogen-bond donors (Lipinski definition) is 0. The third-order valence-electron chi connectivity index (χ3n) is 31.8. The van der Waals surface area contributed by atoms with Crippen molar-refractivity contribution in [1.29, 1.82) is 0 Å². The minimum Gasteiger partial charge on any atom is -0.540 e. The van der Waals surface area contributed by atoms with E-state index in [4.69, 9.17) is 72.5 Å². The summed E-state index contributed by atoms with van der Waals surface area (Å²) in [6, 6.07) is 14.6. The molecule has 6 bridgehead atoms. The van der Waals surface area contributed by atoms with E-state index in [1.807, 2.05) is 138 Å². The van der Waals surface area contributed by atoms with E-state index in [-0.39, 0.29) is 166 Å². The number of carbonyl (C=O) groups excluding carboxylic acids is 9. The fourth-order valence-corrected chi connectivity index (χ4v) is 23.9. The minimum atomic E-state index is -0.774. The first kappa shape index (κ1) is 104. The van der Waals surface area contributed by atoms with Gasteiger partial charge in [-0.2, -0.15) is 0 Å². The Morgan fingerprint density at radius 3 is 0.970 bits per heavy atom. The van der Waals surface area contributed by atoms with Gasteiger partial charge in [-0.3, -0.25) is 28.8 Å². The van der Waals surface area contributed by atoms with Gasteiger partial charge in [0, 0.05) is 73.9 Å². The Morgan fingerprint density at radius 1 is 0.348 bits per heavy atom. The first-order valence-corrected chi connectivity index (χ1v) is 49.5. The summed E-state index contributed by atoms with van der Waals surface area (Å²) in [7, 11) is 4.85. The first-order valence-electron chi connectivity index (χ1n) is 49.5. The molecule has 3 radical (unpaired) electrons. The second-order valence-corrected chi connectivity index (χ2v) is 43.3. The molecule has 729 valence electrons. The van der Waals surface area contributed by atoms with Crippen molar-refractivity contribution >= 4 is 87.6 Å². The summed E-state index contributed by atoms with van der Waals surface area (Å²) in [5.74, 6) is 3.94. The van der Waals surface area contributed by atoms with Gasteiger partial charge in [0.2, 0.25) is 35.4 Å². The number of benzene rings is 3. The van der Waals surface area contributed by atoms with Gasteiger partial charge in [0.15, 0.2) is 0 Å². The number of fused-ring (bicyclic) bond motifs is 21. The number of aryl methyl sites for hydroxylation is 3. The molecule has 3 aromatic carbocycles. The van der Waals surface area contributed by atoms with Gasteiger partial charge in [0.05, 0.1) is 111 Å². The van der Waals surface area contributed by atoms with Crippen LogP contribution in [0.2, 0.25) is 0 Å². The van der Waals surface area contributed by atoms with E-state index in [2.05, 4.69) is 18.9 Å². The molecule has 24 atom stereocenters. The van der Waals surface area contributed by atoms with E-state index in [1.54, 1.807) is 36.0 Å². The zero-order chi connectivity index (χ0) is 93.5. The average molecular weight is 1970 g/mol. The Balaban J connectivity index is 0.000000170. The van der Waals surface area contributed by atoms with Gasteiger partial charge in [0.1, 0.15) is 71.0 Å². The van der Waals surface area contributed by atoms with Crippen molar-refractivity contribution in [3.05, 3.63) is 71.7 Å². The molecule has 6 aliphatic heterocycles. The number of hydrogen-bond acceptors (Lipinski definition) is 24. The summed E-state index contributed by atoms with van der Waals surface area (Å²) < 4.78 is 54.6. The van der Waals surface area contributed by atoms with Crippen LogP contribution in [0.4, 0.5) is 0 Å². The monoisotopic (exact) mass is 1970 g/mol. The molecule has 6 aliphatic carbocycles. The number of esters is 3. The van der Waals surface area contributed by atoms with E-state index < -0.39 is 70.4 Å². The predicted octanol–water partition coefficient (Wildman–Crippen LogP) is 16.4. The second kappa shape index (κ2) is 44.3. The minimum absolute atomic E-state index is 0. The summed E-state index contributed by atoms with van der Waals surface area (Å²) in [6.07, 6.45) is 27.6. The van der Waals surface area contributed by atoms with Crippen LogP contribution in [-0.2, 0) is 132 Å². The summed E-state index contributed by atoms with van der Waals surface area (Å²) in [6.45, 7) is 24.3. The van der Waals surface area contributed by atoms with Gasteiger partial charge in [-0.25, -0.2) is 48.8 Å². The van der Waals surface area contributed by atoms with E-state index in [9.17, 15) is 43.2 Å². The van der Waals surface area contributed by atoms with Crippen LogP contribution in [0.15, 0.2) is 54.6 Å². The summed E-state index contributed by atoms with van der Waals surface area (Å²) in [5, 5.41) is 0. The van der Waals surface area contributed by atoms with Gasteiger partial charge >= 0.3 is 17.9 Å². The molecule has 9 heterocycles. The summed E-state index contributed by atoms with van der Waals surface area (Å²) in [4.78, 5) is 155. The molecule has 0 spiro atoms. The molecule has 9 fully saturated rings. The van der Waals surface area contributed by atoms with Crippen LogP contribution in [0.25, 0.3) is 33.1 Å². The van der Waals surface area contributed by atoms with Crippen LogP contribution >= 0.6 is 0 Å². The molecule has 3 aromatic heterocycles. The second-order valence-electron chi connectivity index (χ2n) is 43.3. The Morgan fingerprint density at radius 2 is 0.659 bits per heavy atom. The SMILES string of the molecule is CC[C@@H]1[C@@H]2CN(C(=O)[C@H](C(C)(C)C)CC(=O)O[C@@H]3C[C@@H]4C[C@@H]4[C@H]3CCCCCc3nc4ccc(OC)cc4nc3O2)[C@@H]1[C-]=O.CC[C@@H]1[C@@H]2CN(C(=O)[C@H](C(C)(C)C)CC(=O)O[C@@H]3C[C@H]4C[C@H]4[C@H]3CCCCCc3nc4ccc(OC)cc4nc3O2)[C@@H]1[C-]=O.CC[C@@H]1[C@@H]2CN(C(=O)[C@H](C(C)(C)C)CC(=O)O[C@H]3[C@H](CCCCCc4nc5ccc(OC)cc5nc4O2)C[C@@H]2C[C@@H]23)[C@@H]1[C-]=O.[V].[V].[V]. The molecule has 18 rings (SSSR count). The number of ether oxygens (including phenoxy) is 9. The number of aromatic nitrogens is 6. The standard InChI is InChI=1S/3C35H46N3O6.3V/c2*1-6-22-29(19-39)38-18-31(22)44-33-27(36-26-13-12-21(42-5)16-28(26)37-33)11-9-7-8-10-23-24-14-20(24)15-30(23)43-32(40)17-25(34(38)41)35(2,3)4;1-6-23-29(19-39)38-18-30(23)43-33-27(36-26-13-12-22(42-5)16-28(26)37-33)11-9-7-8-10-20-14-21-15-24(21)32(20)44-31(40)17-25(34(38)41)35(2,3)4;;;/h2*12-13,16,20,22-25,29-31H,6-11,14-15,17-18H2,1-5H3;12-13,16,20-21,23-25,29-30,32H,6-11,14-15,17-18H2,1-5H3;;;/q3*-1;;;/t20-,22+,23-,24-,25-,29-,30-,31+;20-,22-,23+,24-,25+,29+,30+,31-;20-,21-,23+,24+,25-,29-,30+,32+;;;/m101.../s1. The molecule has 27 nitrogen and oxygen atoms in total. The zero-order valence-electron chi connectivity index (χ0n) is 81.5. The van der Waals surface area contributed by atoms with Crippen LogP contribution in [-0.4, -0.2) is 195 Å². The van der Waals surface area contributed by atoms with Crippen LogP contribution in [0.5, 0.6) is 34.9 Å². The van der Waals surface area contributed by atoms with Gasteiger partial charge < -0.3 is 71.7 Å². The van der Waals surface area contributed by atoms with Gasteiger partial charge in [-0.15, -0.1) is 0 Å². The van der Waals surface area contributed by atoms with E-state index in [0.717, 1.165) is 136 Å². The topological polar surface area (TPSA) is 324 Å². The molecule has 3 amide bonds. The predicted molar refractivity (Wildman–Crippen MR) is 494 cm³/mol. The largest absolute Gasteiger partial charge is 0.540 e. The molecule has 135 heavy (non-hydrogen) atoms. The molecule has 0 unspecified atom stereocenters. The normalized spacial score (nSPS) is 32.2. The quantitative estimate of drug-likeness (QED) is 0.0737. The molecule has 0 N–H and O–H groups in total. The van der Waals surface area contributed by atoms with Crippen LogP contribution in [0.1, 0.15) is 254 Å². The molecule has 6 aromatic rings. The Labute approximate surface area is 831 Å². The molecular formula is C105H138N9O18V3-3. The fourth-order valence-electron chi connectivity index (χ4n) is 23.9. The van der Waals surface area contributed by atoms with Crippen LogP contribution in [0.3, 0.4) is 0 Å². The summed E-state index contributed by atoms with van der Waals surface area (Å²) >= 11 is 0. The molecule has 6 saturated carbocycles. The van der Waals surface area contributed by atoms with E-state index >= 15 is 0 Å². The van der Waals surface area contributed by atoms with Crippen LogP contribution < -0.4 is 28.4 Å². The number of carbonyl (C=O) groups is 6. The smallest absolute Gasteiger partial charge is 0.306 e. The van der Waals surface area contributed by atoms with Crippen LogP contribution in [0, 0.1) is 105 Å². The Bertz CT molecular complexity index is 5030. The average Bonchev–Trinajstić information content (AvgIpc) is 1.61. The Hall–Kier alpha value is -7.94. The van der Waals surface area contributed by atoms with Crippen molar-refractivity contribution < 1.29 is 141 Å². The van der Waals surface area contributed by atoms with Gasteiger partial charge in [-0.1, -0.05) is 159 Å². The van der Waals surface area contributed by atoms with E-state index in [1.165, 1.54) is 12.8 Å². The number of rotatable bonds is 9. The third-order valence-corrected chi connectivity index (χ3v) is 31.8. The number of methoxy groups -OCH3 is 3. The maximum Gasteiger partial charge on any atom is 0.306 e. The molecular weight excluding hydrogens is 1830 g/mol. The summed E-state index contributed by atoms with van der Waals surface area (Å²) in [5.41, 5.74) is 5.13. The zero-order valence-corrected chi connectivity index (χ0v) is 85.7. The fraction of sp³-hybridized carbons (Fsp3) is 0.686. The number of nitrogens with zero attached hydrogens (tertiary/aromatic N) is 9. The maximum absolute atomic E-state index is 14.3. The van der Waals surface area contributed by atoms with Crippen molar-refractivity contribution in [2.45, 2.75) is 311 Å². The van der Waals surface area contributed by atoms with E-state index in [0.29, 0.717) is 143 Å². The van der Waals surface area contributed by atoms with Crippen molar-refractivity contribution in [2.75, 3.05) is 41.0 Å².